The number of sulfonamides is 1. The van der Waals surface area contributed by atoms with Crippen molar-refractivity contribution < 1.29 is 8.42 Å². The summed E-state index contributed by atoms with van der Waals surface area (Å²) in [6.07, 6.45) is 1.61. The number of nitrogens with zero attached hydrogens (tertiary/aromatic N) is 4. The largest absolute Gasteiger partial charge is 0.325 e. The van der Waals surface area contributed by atoms with E-state index in [1.54, 1.807) is 30.5 Å². The molecule has 2 aromatic heterocycles. The first kappa shape index (κ1) is 15.2. The number of aromatic nitrogens is 5. The Bertz CT molecular complexity index is 921. The third kappa shape index (κ3) is 2.95. The molecule has 0 bridgehead atoms. The second-order valence-corrected chi connectivity index (χ2v) is 6.23. The number of aromatic amines is 1. The highest BCUT2D eigenvalue weighted by Gasteiger charge is 2.22. The Morgan fingerprint density at radius 1 is 1.17 bits per heavy atom. The zero-order valence-corrected chi connectivity index (χ0v) is 12.7. The Balaban J connectivity index is 2.28. The van der Waals surface area contributed by atoms with E-state index in [0.717, 1.165) is 5.69 Å². The van der Waals surface area contributed by atoms with Crippen molar-refractivity contribution in [1.29, 1.82) is 0 Å². The van der Waals surface area contributed by atoms with Gasteiger partial charge in [-0.1, -0.05) is 18.2 Å². The minimum absolute atomic E-state index is 0.0840. The number of tetrazole rings is 1. The van der Waals surface area contributed by atoms with Crippen LogP contribution >= 0.6 is 0 Å². The fourth-order valence-electron chi connectivity index (χ4n) is 2.21. The third-order valence-electron chi connectivity index (χ3n) is 3.25. The predicted octanol–water partition coefficient (Wildman–Crippen LogP) is 0.0348. The van der Waals surface area contributed by atoms with E-state index in [1.165, 1.54) is 6.07 Å². The summed E-state index contributed by atoms with van der Waals surface area (Å²) in [5, 5.41) is 18.8. The normalized spacial score (nSPS) is 11.6. The molecule has 3 aromatic rings. The number of nitrogens with two attached hydrogens (primary N) is 2. The smallest absolute Gasteiger partial charge is 0.238 e. The Labute approximate surface area is 131 Å². The van der Waals surface area contributed by atoms with Gasteiger partial charge in [-0.25, -0.2) is 13.6 Å². The maximum absolute atomic E-state index is 11.9. The molecular formula is C13H13N7O2S. The molecule has 0 atom stereocenters. The van der Waals surface area contributed by atoms with Crippen molar-refractivity contribution in [1.82, 2.24) is 25.6 Å². The second kappa shape index (κ2) is 5.83. The minimum Gasteiger partial charge on any atom is -0.325 e. The van der Waals surface area contributed by atoms with Crippen LogP contribution < -0.4 is 10.9 Å². The number of benzene rings is 1. The van der Waals surface area contributed by atoms with Gasteiger partial charge in [0.05, 0.1) is 16.2 Å². The van der Waals surface area contributed by atoms with Crippen LogP contribution in [0.2, 0.25) is 0 Å². The van der Waals surface area contributed by atoms with Crippen LogP contribution in [0.4, 0.5) is 0 Å². The van der Waals surface area contributed by atoms with Gasteiger partial charge in [-0.05, 0) is 22.9 Å². The van der Waals surface area contributed by atoms with E-state index in [1.807, 2.05) is 0 Å². The lowest BCUT2D eigenvalue weighted by molar-refractivity contribution is 0.598. The van der Waals surface area contributed by atoms with Crippen LogP contribution in [0.1, 0.15) is 5.69 Å². The minimum atomic E-state index is -3.96. The van der Waals surface area contributed by atoms with Gasteiger partial charge in [-0.15, -0.1) is 10.2 Å². The van der Waals surface area contributed by atoms with Gasteiger partial charge in [0.25, 0.3) is 0 Å². The third-order valence-corrected chi connectivity index (χ3v) is 4.20. The van der Waals surface area contributed by atoms with E-state index in [2.05, 4.69) is 25.6 Å². The Kier molecular flexibility index (Phi) is 3.86. The summed E-state index contributed by atoms with van der Waals surface area (Å²) in [5.41, 5.74) is 7.79. The number of primary sulfonamides is 1. The average Bonchev–Trinajstić information content (AvgIpc) is 3.07. The molecule has 0 saturated carbocycles. The van der Waals surface area contributed by atoms with E-state index in [-0.39, 0.29) is 16.3 Å². The summed E-state index contributed by atoms with van der Waals surface area (Å²) < 4.78 is 23.8. The highest BCUT2D eigenvalue weighted by Crippen LogP contribution is 2.34. The van der Waals surface area contributed by atoms with Crippen molar-refractivity contribution in [3.8, 4) is 22.5 Å². The molecule has 0 radical (unpaired) electrons. The summed E-state index contributed by atoms with van der Waals surface area (Å²) >= 11 is 0. The first-order valence-corrected chi connectivity index (χ1v) is 8.10. The molecule has 0 aliphatic rings. The second-order valence-electron chi connectivity index (χ2n) is 4.70. The van der Waals surface area contributed by atoms with Crippen LogP contribution in [0.5, 0.6) is 0 Å². The van der Waals surface area contributed by atoms with E-state index >= 15 is 0 Å². The summed E-state index contributed by atoms with van der Waals surface area (Å²) in [4.78, 5) is 4.13. The van der Waals surface area contributed by atoms with Gasteiger partial charge in [0.2, 0.25) is 15.8 Å². The summed E-state index contributed by atoms with van der Waals surface area (Å²) in [5.74, 6) is 0.132. The SMILES string of the molecule is NCc1ccc(-c2cccc(S(N)(=O)=O)c2-c2nn[nH]n2)cn1. The van der Waals surface area contributed by atoms with E-state index in [9.17, 15) is 8.42 Å². The Morgan fingerprint density at radius 2 is 2.00 bits per heavy atom. The standard InChI is InChI=1S/C13H13N7O2S/c14-6-9-5-4-8(7-16-9)10-2-1-3-11(23(15,21)22)12(10)13-17-19-20-18-13/h1-5,7H,6,14H2,(H2,15,21,22)(H,17,18,19,20). The number of nitrogens with one attached hydrogen (secondary N) is 1. The lowest BCUT2D eigenvalue weighted by Gasteiger charge is -2.11. The molecule has 118 valence electrons. The van der Waals surface area contributed by atoms with Crippen LogP contribution in [0, 0.1) is 0 Å². The average molecular weight is 331 g/mol. The Morgan fingerprint density at radius 3 is 2.57 bits per heavy atom. The monoisotopic (exact) mass is 331 g/mol. The maximum atomic E-state index is 11.9. The molecular weight excluding hydrogens is 318 g/mol. The highest BCUT2D eigenvalue weighted by molar-refractivity contribution is 7.89. The molecule has 0 fully saturated rings. The zero-order valence-electron chi connectivity index (χ0n) is 11.8. The zero-order chi connectivity index (χ0) is 16.4. The van der Waals surface area contributed by atoms with Crippen molar-refractivity contribution in [3.63, 3.8) is 0 Å². The van der Waals surface area contributed by atoms with Gasteiger partial charge in [-0.2, -0.15) is 5.21 Å². The molecule has 0 amide bonds. The molecule has 10 heteroatoms. The first-order chi connectivity index (χ1) is 11.0. The predicted molar refractivity (Wildman–Crippen MR) is 82.1 cm³/mol. The molecule has 23 heavy (non-hydrogen) atoms. The van der Waals surface area contributed by atoms with Crippen LogP contribution in [0.25, 0.3) is 22.5 Å². The first-order valence-electron chi connectivity index (χ1n) is 6.55. The molecule has 0 saturated heterocycles. The summed E-state index contributed by atoms with van der Waals surface area (Å²) in [7, 11) is -3.96. The van der Waals surface area contributed by atoms with Crippen molar-refractivity contribution in [2.45, 2.75) is 11.4 Å². The molecule has 5 N–H and O–H groups in total. The van der Waals surface area contributed by atoms with Gasteiger partial charge >= 0.3 is 0 Å². The quantitative estimate of drug-likeness (QED) is 0.609. The fraction of sp³-hybridized carbons (Fsp3) is 0.0769. The number of hydrogen-bond donors (Lipinski definition) is 3. The highest BCUT2D eigenvalue weighted by atomic mass is 32.2. The molecule has 0 spiro atoms. The van der Waals surface area contributed by atoms with Gasteiger partial charge in [0, 0.05) is 18.3 Å². The van der Waals surface area contributed by atoms with Crippen molar-refractivity contribution in [3.05, 3.63) is 42.2 Å². The molecule has 0 aliphatic carbocycles. The Hall–Kier alpha value is -2.69. The molecule has 9 nitrogen and oxygen atoms in total. The molecule has 1 aromatic carbocycles. The number of rotatable bonds is 4. The van der Waals surface area contributed by atoms with Gasteiger partial charge < -0.3 is 5.73 Å². The summed E-state index contributed by atoms with van der Waals surface area (Å²) in [6.45, 7) is 0.315. The van der Waals surface area contributed by atoms with E-state index < -0.39 is 10.0 Å². The number of hydrogen-bond acceptors (Lipinski definition) is 7. The molecule has 3 rings (SSSR count). The molecule has 0 aliphatic heterocycles. The van der Waals surface area contributed by atoms with Gasteiger partial charge in [-0.3, -0.25) is 4.98 Å². The number of H-pyrrole nitrogens is 1. The molecule has 2 heterocycles. The van der Waals surface area contributed by atoms with Crippen LogP contribution in [0.15, 0.2) is 41.4 Å². The summed E-state index contributed by atoms with van der Waals surface area (Å²) in [6, 6.07) is 8.28. The molecule has 0 unspecified atom stereocenters. The van der Waals surface area contributed by atoms with E-state index in [0.29, 0.717) is 17.7 Å². The lowest BCUT2D eigenvalue weighted by atomic mass is 10.0. The van der Waals surface area contributed by atoms with Gasteiger partial charge in [0.15, 0.2) is 0 Å². The van der Waals surface area contributed by atoms with E-state index in [4.69, 9.17) is 10.9 Å². The van der Waals surface area contributed by atoms with Crippen LogP contribution in [0.3, 0.4) is 0 Å². The van der Waals surface area contributed by atoms with Crippen molar-refractivity contribution in [2.24, 2.45) is 10.9 Å². The number of pyridine rings is 1. The lowest BCUT2D eigenvalue weighted by Crippen LogP contribution is -2.14. The maximum Gasteiger partial charge on any atom is 0.238 e. The van der Waals surface area contributed by atoms with Gasteiger partial charge in [0.1, 0.15) is 0 Å². The van der Waals surface area contributed by atoms with Crippen LogP contribution in [-0.4, -0.2) is 34.0 Å². The fourth-order valence-corrected chi connectivity index (χ4v) is 2.97. The van der Waals surface area contributed by atoms with Crippen molar-refractivity contribution >= 4 is 10.0 Å². The topological polar surface area (TPSA) is 154 Å². The van der Waals surface area contributed by atoms with Crippen molar-refractivity contribution in [2.75, 3.05) is 0 Å². The van der Waals surface area contributed by atoms with Crippen LogP contribution in [-0.2, 0) is 16.6 Å².